The van der Waals surface area contributed by atoms with Crippen LogP contribution in [0.4, 0.5) is 5.82 Å². The molecule has 6 nitrogen and oxygen atoms in total. The van der Waals surface area contributed by atoms with Crippen LogP contribution >= 0.6 is 0 Å². The highest BCUT2D eigenvalue weighted by Crippen LogP contribution is 2.24. The van der Waals surface area contributed by atoms with Crippen molar-refractivity contribution in [3.8, 4) is 0 Å². The van der Waals surface area contributed by atoms with Gasteiger partial charge in [-0.05, 0) is 38.8 Å². The Morgan fingerprint density at radius 1 is 1.55 bits per heavy atom. The number of amidine groups is 1. The molecule has 6 heteroatoms. The molecule has 1 unspecified atom stereocenters. The molecule has 1 aliphatic heterocycles. The average molecular weight is 278 g/mol. The Labute approximate surface area is 119 Å². The van der Waals surface area contributed by atoms with Crippen LogP contribution in [0.15, 0.2) is 11.2 Å². The van der Waals surface area contributed by atoms with Gasteiger partial charge in [-0.1, -0.05) is 5.16 Å². The lowest BCUT2D eigenvalue weighted by molar-refractivity contribution is 0.0820. The van der Waals surface area contributed by atoms with E-state index in [1.165, 1.54) is 0 Å². The van der Waals surface area contributed by atoms with Gasteiger partial charge in [0.1, 0.15) is 5.82 Å². The van der Waals surface area contributed by atoms with Crippen molar-refractivity contribution in [2.24, 2.45) is 10.9 Å². The molecular weight excluding hydrogens is 256 g/mol. The minimum atomic E-state index is 0.0998. The summed E-state index contributed by atoms with van der Waals surface area (Å²) < 4.78 is 5.66. The summed E-state index contributed by atoms with van der Waals surface area (Å²) in [5.41, 5.74) is 8.41. The Bertz CT molecular complexity index is 516. The second-order valence-corrected chi connectivity index (χ2v) is 5.25. The van der Waals surface area contributed by atoms with E-state index in [0.717, 1.165) is 43.2 Å². The van der Waals surface area contributed by atoms with Crippen LogP contribution in [0, 0.1) is 13.8 Å². The molecule has 2 heterocycles. The summed E-state index contributed by atoms with van der Waals surface area (Å²) in [6.07, 6.45) is 1.08. The van der Waals surface area contributed by atoms with Crippen molar-refractivity contribution in [3.63, 3.8) is 0 Å². The number of hydrogen-bond donors (Lipinski definition) is 2. The third-order valence-corrected chi connectivity index (χ3v) is 3.44. The molecule has 1 atom stereocenters. The molecule has 0 aromatic carbocycles. The van der Waals surface area contributed by atoms with Crippen molar-refractivity contribution in [2.75, 3.05) is 24.6 Å². The molecule has 0 saturated carbocycles. The Kier molecular flexibility index (Phi) is 4.44. The van der Waals surface area contributed by atoms with Crippen LogP contribution in [-0.2, 0) is 4.74 Å². The lowest BCUT2D eigenvalue weighted by Gasteiger charge is -2.26. The average Bonchev–Trinajstić information content (AvgIpc) is 2.61. The van der Waals surface area contributed by atoms with Crippen molar-refractivity contribution in [3.05, 3.63) is 22.9 Å². The number of nitrogens with zero attached hydrogens (tertiary/aromatic N) is 3. The highest BCUT2D eigenvalue weighted by molar-refractivity contribution is 6.02. The van der Waals surface area contributed by atoms with Gasteiger partial charge in [-0.3, -0.25) is 0 Å². The van der Waals surface area contributed by atoms with Gasteiger partial charge in [0.05, 0.1) is 11.7 Å². The number of pyridine rings is 1. The number of aromatic nitrogens is 1. The van der Waals surface area contributed by atoms with E-state index in [-0.39, 0.29) is 11.9 Å². The second kappa shape index (κ2) is 6.09. The molecule has 0 aliphatic carbocycles. The standard InChI is InChI=1S/C14H22N4O2/c1-9-7-10(2)16-14(12(9)13(15)17-19)18-5-4-6-20-11(3)8-18/h7,11,19H,4-6,8H2,1-3H3,(H2,15,17). The Balaban J connectivity index is 2.48. The minimum absolute atomic E-state index is 0.0998. The molecule has 2 rings (SSSR count). The molecule has 1 aromatic rings. The maximum Gasteiger partial charge on any atom is 0.174 e. The first kappa shape index (κ1) is 14.6. The van der Waals surface area contributed by atoms with E-state index in [0.29, 0.717) is 5.56 Å². The molecule has 1 fully saturated rings. The van der Waals surface area contributed by atoms with E-state index < -0.39 is 0 Å². The minimum Gasteiger partial charge on any atom is -0.409 e. The number of oxime groups is 1. The number of aryl methyl sites for hydroxylation is 2. The largest absolute Gasteiger partial charge is 0.409 e. The van der Waals surface area contributed by atoms with Gasteiger partial charge in [-0.25, -0.2) is 4.98 Å². The summed E-state index contributed by atoms with van der Waals surface area (Å²) in [6.45, 7) is 8.30. The molecule has 0 spiro atoms. The van der Waals surface area contributed by atoms with Crippen LogP contribution in [0.3, 0.4) is 0 Å². The van der Waals surface area contributed by atoms with Gasteiger partial charge in [0, 0.05) is 25.4 Å². The molecule has 1 aliphatic rings. The SMILES string of the molecule is Cc1cc(C)c(C(N)=NO)c(N2CCCOC(C)C2)n1. The Morgan fingerprint density at radius 2 is 2.30 bits per heavy atom. The zero-order chi connectivity index (χ0) is 14.7. The van der Waals surface area contributed by atoms with Crippen LogP contribution in [-0.4, -0.2) is 41.8 Å². The van der Waals surface area contributed by atoms with E-state index in [9.17, 15) is 0 Å². The van der Waals surface area contributed by atoms with Crippen LogP contribution in [0.5, 0.6) is 0 Å². The van der Waals surface area contributed by atoms with E-state index in [1.807, 2.05) is 26.8 Å². The van der Waals surface area contributed by atoms with Crippen molar-refractivity contribution in [2.45, 2.75) is 33.3 Å². The first-order valence-electron chi connectivity index (χ1n) is 6.85. The van der Waals surface area contributed by atoms with E-state index in [2.05, 4.69) is 15.0 Å². The summed E-state index contributed by atoms with van der Waals surface area (Å²) in [5.74, 6) is 0.873. The predicted octanol–water partition coefficient (Wildman–Crippen LogP) is 1.41. The van der Waals surface area contributed by atoms with Gasteiger partial charge in [0.2, 0.25) is 0 Å². The molecule has 1 aromatic heterocycles. The maximum atomic E-state index is 9.00. The number of anilines is 1. The summed E-state index contributed by atoms with van der Waals surface area (Å²) in [4.78, 5) is 6.76. The monoisotopic (exact) mass is 278 g/mol. The zero-order valence-electron chi connectivity index (χ0n) is 12.3. The van der Waals surface area contributed by atoms with Gasteiger partial charge >= 0.3 is 0 Å². The van der Waals surface area contributed by atoms with E-state index in [1.54, 1.807) is 0 Å². The van der Waals surface area contributed by atoms with Crippen LogP contribution in [0.1, 0.15) is 30.2 Å². The summed E-state index contributed by atoms with van der Waals surface area (Å²) >= 11 is 0. The third-order valence-electron chi connectivity index (χ3n) is 3.44. The van der Waals surface area contributed by atoms with Crippen LogP contribution in [0.25, 0.3) is 0 Å². The highest BCUT2D eigenvalue weighted by atomic mass is 16.5. The fraction of sp³-hybridized carbons (Fsp3) is 0.571. The van der Waals surface area contributed by atoms with Gasteiger partial charge in [-0.15, -0.1) is 0 Å². The first-order valence-corrected chi connectivity index (χ1v) is 6.85. The predicted molar refractivity (Wildman–Crippen MR) is 78.5 cm³/mol. The maximum absolute atomic E-state index is 9.00. The van der Waals surface area contributed by atoms with Gasteiger partial charge in [0.15, 0.2) is 5.84 Å². The molecule has 1 saturated heterocycles. The van der Waals surface area contributed by atoms with Gasteiger partial charge in [-0.2, -0.15) is 0 Å². The summed E-state index contributed by atoms with van der Waals surface area (Å²) in [6, 6.07) is 1.94. The molecule has 0 amide bonds. The lowest BCUT2D eigenvalue weighted by atomic mass is 10.1. The number of nitrogens with two attached hydrogens (primary N) is 1. The fourth-order valence-electron chi connectivity index (χ4n) is 2.60. The Morgan fingerprint density at radius 3 is 3.00 bits per heavy atom. The van der Waals surface area contributed by atoms with Crippen molar-refractivity contribution < 1.29 is 9.94 Å². The lowest BCUT2D eigenvalue weighted by Crippen LogP contribution is -2.33. The highest BCUT2D eigenvalue weighted by Gasteiger charge is 2.22. The van der Waals surface area contributed by atoms with Gasteiger partial charge < -0.3 is 20.6 Å². The Hall–Kier alpha value is -1.82. The zero-order valence-corrected chi connectivity index (χ0v) is 12.3. The normalized spacial score (nSPS) is 20.9. The van der Waals surface area contributed by atoms with Crippen LogP contribution in [0.2, 0.25) is 0 Å². The van der Waals surface area contributed by atoms with Crippen molar-refractivity contribution in [1.29, 1.82) is 0 Å². The smallest absolute Gasteiger partial charge is 0.174 e. The first-order chi connectivity index (χ1) is 9.52. The molecule has 110 valence electrons. The molecule has 0 radical (unpaired) electrons. The number of hydrogen-bond acceptors (Lipinski definition) is 5. The van der Waals surface area contributed by atoms with Crippen molar-refractivity contribution in [1.82, 2.24) is 4.98 Å². The number of rotatable bonds is 2. The second-order valence-electron chi connectivity index (χ2n) is 5.25. The quantitative estimate of drug-likeness (QED) is 0.370. The molecule has 0 bridgehead atoms. The molecular formula is C14H22N4O2. The van der Waals surface area contributed by atoms with E-state index in [4.69, 9.17) is 15.7 Å². The fourth-order valence-corrected chi connectivity index (χ4v) is 2.60. The molecule has 20 heavy (non-hydrogen) atoms. The summed E-state index contributed by atoms with van der Waals surface area (Å²) in [7, 11) is 0. The summed E-state index contributed by atoms with van der Waals surface area (Å²) in [5, 5.41) is 12.1. The van der Waals surface area contributed by atoms with Crippen molar-refractivity contribution >= 4 is 11.7 Å². The van der Waals surface area contributed by atoms with E-state index >= 15 is 0 Å². The van der Waals surface area contributed by atoms with Gasteiger partial charge in [0.25, 0.3) is 0 Å². The topological polar surface area (TPSA) is 84.0 Å². The third kappa shape index (κ3) is 3.01. The number of ether oxygens (including phenoxy) is 1. The molecule has 3 N–H and O–H groups in total. The van der Waals surface area contributed by atoms with Crippen LogP contribution < -0.4 is 10.6 Å².